The Morgan fingerprint density at radius 2 is 1.90 bits per heavy atom. The molecule has 0 atom stereocenters. The van der Waals surface area contributed by atoms with Gasteiger partial charge < -0.3 is 10.2 Å². The van der Waals surface area contributed by atoms with Crippen LogP contribution in [0.15, 0.2) is 53.3 Å². The molecule has 3 aromatic rings. The summed E-state index contributed by atoms with van der Waals surface area (Å²) < 4.78 is 1.75. The Morgan fingerprint density at radius 1 is 1.10 bits per heavy atom. The van der Waals surface area contributed by atoms with Crippen LogP contribution in [0.1, 0.15) is 37.1 Å². The third-order valence-electron chi connectivity index (χ3n) is 5.60. The zero-order chi connectivity index (χ0) is 21.8. The van der Waals surface area contributed by atoms with Gasteiger partial charge in [0, 0.05) is 32.2 Å². The maximum atomic E-state index is 13.0. The molecule has 0 saturated carbocycles. The van der Waals surface area contributed by atoms with Crippen molar-refractivity contribution in [2.45, 2.75) is 45.2 Å². The summed E-state index contributed by atoms with van der Waals surface area (Å²) in [7, 11) is 1.68. The molecule has 1 N–H and O–H groups in total. The quantitative estimate of drug-likeness (QED) is 0.646. The third-order valence-corrected chi connectivity index (χ3v) is 5.60. The summed E-state index contributed by atoms with van der Waals surface area (Å²) >= 11 is 0. The van der Waals surface area contributed by atoms with Gasteiger partial charge in [0.15, 0.2) is 0 Å². The molecular weight excluding hydrogens is 392 g/mol. The van der Waals surface area contributed by atoms with Gasteiger partial charge >= 0.3 is 0 Å². The number of amides is 2. The second-order valence-corrected chi connectivity index (χ2v) is 7.99. The van der Waals surface area contributed by atoms with Crippen molar-refractivity contribution in [1.82, 2.24) is 14.5 Å². The minimum Gasteiger partial charge on any atom is -0.341 e. The molecule has 31 heavy (non-hydrogen) atoms. The van der Waals surface area contributed by atoms with Crippen LogP contribution in [0.25, 0.3) is 10.9 Å². The second-order valence-electron chi connectivity index (χ2n) is 7.99. The fraction of sp³-hybridized carbons (Fsp3) is 0.333. The van der Waals surface area contributed by atoms with E-state index in [1.165, 1.54) is 4.90 Å². The largest absolute Gasteiger partial charge is 0.341 e. The lowest BCUT2D eigenvalue weighted by molar-refractivity contribution is -0.134. The average Bonchev–Trinajstić information content (AvgIpc) is 3.00. The van der Waals surface area contributed by atoms with Gasteiger partial charge in [0.2, 0.25) is 11.8 Å². The van der Waals surface area contributed by atoms with E-state index in [0.29, 0.717) is 29.7 Å². The SMILES string of the molecule is CN(Cc1ccccc1)C(=O)CC(=O)Nc1ccc2nc3n(c(=O)c2c1)CCCCC3. The standard InChI is InChI=1S/C24H26N4O3/c1-27(16-17-8-4-2-5-9-17)23(30)15-22(29)25-18-11-12-20-19(14-18)24(31)28-13-7-3-6-10-21(28)26-20/h2,4-5,8-9,11-12,14H,3,6-7,10,13,15-16H2,1H3,(H,25,29). The molecule has 0 bridgehead atoms. The first kappa shape index (κ1) is 20.8. The van der Waals surface area contributed by atoms with Crippen molar-refractivity contribution in [3.63, 3.8) is 0 Å². The Kier molecular flexibility index (Phi) is 6.11. The van der Waals surface area contributed by atoms with Gasteiger partial charge in [0.25, 0.3) is 5.56 Å². The molecule has 2 aromatic carbocycles. The van der Waals surface area contributed by atoms with Crippen molar-refractivity contribution >= 4 is 28.4 Å². The minimum absolute atomic E-state index is 0.0725. The molecule has 1 aromatic heterocycles. The molecule has 0 aliphatic carbocycles. The van der Waals surface area contributed by atoms with Crippen molar-refractivity contribution < 1.29 is 9.59 Å². The lowest BCUT2D eigenvalue weighted by Crippen LogP contribution is -2.30. The average molecular weight is 418 g/mol. The van der Waals surface area contributed by atoms with Gasteiger partial charge in [0.1, 0.15) is 12.2 Å². The van der Waals surface area contributed by atoms with Crippen LogP contribution in [0.2, 0.25) is 0 Å². The van der Waals surface area contributed by atoms with Crippen LogP contribution >= 0.6 is 0 Å². The van der Waals surface area contributed by atoms with Gasteiger partial charge in [-0.2, -0.15) is 0 Å². The first-order valence-corrected chi connectivity index (χ1v) is 10.6. The number of benzene rings is 2. The number of aryl methyl sites for hydroxylation is 1. The Balaban J connectivity index is 1.45. The van der Waals surface area contributed by atoms with Crippen molar-refractivity contribution in [3.05, 3.63) is 70.3 Å². The molecular formula is C24H26N4O3. The third kappa shape index (κ3) is 4.82. The zero-order valence-electron chi connectivity index (χ0n) is 17.6. The Labute approximate surface area is 180 Å². The highest BCUT2D eigenvalue weighted by Crippen LogP contribution is 2.18. The maximum Gasteiger partial charge on any atom is 0.261 e. The lowest BCUT2D eigenvalue weighted by atomic mass is 10.2. The number of nitrogens with one attached hydrogen (secondary N) is 1. The summed E-state index contributed by atoms with van der Waals surface area (Å²) in [5, 5.41) is 3.22. The van der Waals surface area contributed by atoms with E-state index in [9.17, 15) is 14.4 Å². The highest BCUT2D eigenvalue weighted by Gasteiger charge is 2.17. The number of carbonyl (C=O) groups excluding carboxylic acids is 2. The fourth-order valence-corrected chi connectivity index (χ4v) is 3.92. The predicted molar refractivity (Wildman–Crippen MR) is 120 cm³/mol. The molecule has 2 heterocycles. The number of anilines is 1. The summed E-state index contributed by atoms with van der Waals surface area (Å²) in [4.78, 5) is 44.0. The van der Waals surface area contributed by atoms with Crippen LogP contribution in [0.5, 0.6) is 0 Å². The van der Waals surface area contributed by atoms with Crippen molar-refractivity contribution in [1.29, 1.82) is 0 Å². The van der Waals surface area contributed by atoms with Crippen LogP contribution in [0, 0.1) is 0 Å². The lowest BCUT2D eigenvalue weighted by Gasteiger charge is -2.17. The monoisotopic (exact) mass is 418 g/mol. The highest BCUT2D eigenvalue weighted by atomic mass is 16.2. The van der Waals surface area contributed by atoms with Gasteiger partial charge in [-0.15, -0.1) is 0 Å². The van der Waals surface area contributed by atoms with E-state index in [1.54, 1.807) is 29.8 Å². The predicted octanol–water partition coefficient (Wildman–Crippen LogP) is 3.11. The van der Waals surface area contributed by atoms with E-state index in [-0.39, 0.29) is 17.9 Å². The second kappa shape index (κ2) is 9.12. The summed E-state index contributed by atoms with van der Waals surface area (Å²) in [6.45, 7) is 1.12. The van der Waals surface area contributed by atoms with Crippen molar-refractivity contribution in [2.75, 3.05) is 12.4 Å². The topological polar surface area (TPSA) is 84.3 Å². The number of carbonyl (C=O) groups is 2. The van der Waals surface area contributed by atoms with E-state index in [1.807, 2.05) is 30.3 Å². The van der Waals surface area contributed by atoms with E-state index in [2.05, 4.69) is 10.3 Å². The fourth-order valence-electron chi connectivity index (χ4n) is 3.92. The molecule has 4 rings (SSSR count). The number of rotatable bonds is 5. The van der Waals surface area contributed by atoms with E-state index < -0.39 is 5.91 Å². The Morgan fingerprint density at radius 3 is 2.71 bits per heavy atom. The number of nitrogens with zero attached hydrogens (tertiary/aromatic N) is 3. The normalized spacial score (nSPS) is 13.3. The molecule has 0 fully saturated rings. The minimum atomic E-state index is -0.410. The summed E-state index contributed by atoms with van der Waals surface area (Å²) in [5.41, 5.74) is 2.05. The Bertz CT molecular complexity index is 1170. The molecule has 0 radical (unpaired) electrons. The smallest absolute Gasteiger partial charge is 0.261 e. The molecule has 0 spiro atoms. The van der Waals surface area contributed by atoms with Crippen LogP contribution in [0.4, 0.5) is 5.69 Å². The van der Waals surface area contributed by atoms with Gasteiger partial charge in [-0.1, -0.05) is 36.8 Å². The molecule has 1 aliphatic rings. The van der Waals surface area contributed by atoms with E-state index >= 15 is 0 Å². The van der Waals surface area contributed by atoms with E-state index in [4.69, 9.17) is 0 Å². The van der Waals surface area contributed by atoms with Crippen LogP contribution in [-0.4, -0.2) is 33.3 Å². The summed E-state index contributed by atoms with van der Waals surface area (Å²) in [6, 6.07) is 14.7. The number of hydrogen-bond acceptors (Lipinski definition) is 4. The summed E-state index contributed by atoms with van der Waals surface area (Å²) in [6.07, 6.45) is 3.65. The van der Waals surface area contributed by atoms with Gasteiger partial charge in [0.05, 0.1) is 10.9 Å². The van der Waals surface area contributed by atoms with Gasteiger partial charge in [-0.05, 0) is 36.6 Å². The first-order chi connectivity index (χ1) is 15.0. The zero-order valence-corrected chi connectivity index (χ0v) is 17.6. The van der Waals surface area contributed by atoms with Crippen molar-refractivity contribution in [2.24, 2.45) is 0 Å². The molecule has 0 unspecified atom stereocenters. The molecule has 7 nitrogen and oxygen atoms in total. The first-order valence-electron chi connectivity index (χ1n) is 10.6. The molecule has 160 valence electrons. The van der Waals surface area contributed by atoms with E-state index in [0.717, 1.165) is 37.1 Å². The molecule has 2 amide bonds. The number of aromatic nitrogens is 2. The molecule has 7 heteroatoms. The van der Waals surface area contributed by atoms with Crippen molar-refractivity contribution in [3.8, 4) is 0 Å². The molecule has 1 aliphatic heterocycles. The molecule has 0 saturated heterocycles. The number of fused-ring (bicyclic) bond motifs is 2. The Hall–Kier alpha value is -3.48. The number of hydrogen-bond donors (Lipinski definition) is 1. The van der Waals surface area contributed by atoms with Gasteiger partial charge in [-0.3, -0.25) is 19.0 Å². The van der Waals surface area contributed by atoms with Crippen LogP contribution in [0.3, 0.4) is 0 Å². The van der Waals surface area contributed by atoms with Gasteiger partial charge in [-0.25, -0.2) is 4.98 Å². The van der Waals surface area contributed by atoms with Crippen LogP contribution < -0.4 is 10.9 Å². The highest BCUT2D eigenvalue weighted by molar-refractivity contribution is 6.04. The maximum absolute atomic E-state index is 13.0. The van der Waals surface area contributed by atoms with Crippen LogP contribution in [-0.2, 0) is 29.1 Å². The summed E-state index contributed by atoms with van der Waals surface area (Å²) in [5.74, 6) is 0.153.